The van der Waals surface area contributed by atoms with Crippen molar-refractivity contribution in [1.29, 1.82) is 0 Å². The summed E-state index contributed by atoms with van der Waals surface area (Å²) in [6.45, 7) is 4.65. The number of carbonyl (C=O) groups is 1. The fourth-order valence-electron chi connectivity index (χ4n) is 4.15. The number of primary amides is 1. The van der Waals surface area contributed by atoms with Crippen LogP contribution in [0.15, 0.2) is 0 Å². The molecule has 168 valence electrons. The smallest absolute Gasteiger partial charge is 0.217 e. The summed E-state index contributed by atoms with van der Waals surface area (Å²) in [5.74, 6) is 0.657. The number of hydrogen-bond donors (Lipinski definition) is 1. The number of hydrogen-bond acceptors (Lipinski definition) is 1. The van der Waals surface area contributed by atoms with E-state index in [-0.39, 0.29) is 5.91 Å². The third-order valence-electron chi connectivity index (χ3n) is 6.17. The Morgan fingerprint density at radius 2 is 0.893 bits per heavy atom. The normalized spacial score (nSPS) is 12.4. The molecule has 0 saturated heterocycles. The van der Waals surface area contributed by atoms with Gasteiger partial charge in [-0.05, 0) is 12.3 Å². The number of carbonyl (C=O) groups excluding carboxylic acids is 1. The van der Waals surface area contributed by atoms with Gasteiger partial charge < -0.3 is 5.73 Å². The Morgan fingerprint density at radius 1 is 0.571 bits per heavy atom. The molecule has 0 spiro atoms. The van der Waals surface area contributed by atoms with Gasteiger partial charge in [0.2, 0.25) is 5.91 Å². The van der Waals surface area contributed by atoms with Crippen molar-refractivity contribution in [1.82, 2.24) is 0 Å². The molecule has 2 nitrogen and oxygen atoms in total. The maximum atomic E-state index is 10.7. The summed E-state index contributed by atoms with van der Waals surface area (Å²) in [7, 11) is 0. The van der Waals surface area contributed by atoms with E-state index in [9.17, 15) is 4.79 Å². The monoisotopic (exact) mass is 395 g/mol. The van der Waals surface area contributed by atoms with Crippen LogP contribution in [-0.2, 0) is 4.79 Å². The van der Waals surface area contributed by atoms with Crippen LogP contribution in [0, 0.1) is 5.92 Å². The molecule has 0 unspecified atom stereocenters. The topological polar surface area (TPSA) is 43.1 Å². The Bertz CT molecular complexity index is 316. The number of unbranched alkanes of at least 4 members (excludes halogenated alkanes) is 17. The molecule has 0 radical (unpaired) electrons. The maximum absolute atomic E-state index is 10.7. The fraction of sp³-hybridized carbons (Fsp3) is 0.962. The van der Waals surface area contributed by atoms with E-state index < -0.39 is 0 Å². The molecule has 0 aliphatic heterocycles. The minimum Gasteiger partial charge on any atom is -0.370 e. The molecule has 1 amide bonds. The molecule has 0 aliphatic rings. The van der Waals surface area contributed by atoms with Crippen molar-refractivity contribution >= 4 is 5.91 Å². The largest absolute Gasteiger partial charge is 0.370 e. The highest BCUT2D eigenvalue weighted by Gasteiger charge is 2.03. The van der Waals surface area contributed by atoms with Crippen molar-refractivity contribution in [2.45, 2.75) is 155 Å². The van der Waals surface area contributed by atoms with Gasteiger partial charge >= 0.3 is 0 Å². The second kappa shape index (κ2) is 22.8. The Kier molecular flexibility index (Phi) is 22.3. The van der Waals surface area contributed by atoms with E-state index in [2.05, 4.69) is 13.8 Å². The van der Waals surface area contributed by atoms with Crippen molar-refractivity contribution in [2.75, 3.05) is 0 Å². The molecule has 0 aromatic rings. The van der Waals surface area contributed by atoms with Gasteiger partial charge in [0, 0.05) is 6.42 Å². The summed E-state index contributed by atoms with van der Waals surface area (Å²) in [5.41, 5.74) is 5.18. The van der Waals surface area contributed by atoms with Crippen LogP contribution in [0.3, 0.4) is 0 Å². The summed E-state index contributed by atoms with van der Waals surface area (Å²) in [4.78, 5) is 10.7. The summed E-state index contributed by atoms with van der Waals surface area (Å²) in [6, 6.07) is 0. The van der Waals surface area contributed by atoms with Crippen LogP contribution in [0.1, 0.15) is 155 Å². The summed E-state index contributed by atoms with van der Waals surface area (Å²) in [6.07, 6.45) is 29.8. The van der Waals surface area contributed by atoms with Gasteiger partial charge in [0.05, 0.1) is 0 Å². The number of nitrogens with two attached hydrogens (primary N) is 1. The van der Waals surface area contributed by atoms with E-state index in [1.54, 1.807) is 0 Å². The van der Waals surface area contributed by atoms with Gasteiger partial charge in [0.25, 0.3) is 0 Å². The quantitative estimate of drug-likeness (QED) is 0.173. The fourth-order valence-corrected chi connectivity index (χ4v) is 4.15. The van der Waals surface area contributed by atoms with E-state index in [0.29, 0.717) is 6.42 Å². The highest BCUT2D eigenvalue weighted by molar-refractivity contribution is 5.73. The first kappa shape index (κ1) is 27.5. The molecule has 28 heavy (non-hydrogen) atoms. The van der Waals surface area contributed by atoms with Crippen LogP contribution < -0.4 is 5.73 Å². The van der Waals surface area contributed by atoms with Crippen molar-refractivity contribution < 1.29 is 4.79 Å². The molecule has 0 aliphatic carbocycles. The number of amides is 1. The molecule has 2 N–H and O–H groups in total. The van der Waals surface area contributed by atoms with E-state index in [1.165, 1.54) is 122 Å². The Balaban J connectivity index is 3.10. The second-order valence-corrected chi connectivity index (χ2v) is 9.26. The molecule has 0 aromatic heterocycles. The first-order valence-corrected chi connectivity index (χ1v) is 12.9. The standard InChI is InChI=1S/C26H53NO/c1-3-4-5-6-7-8-9-10-11-12-13-14-15-16-17-18-19-22-25(2)23-20-21-24-26(27)28/h25H,3-24H2,1-2H3,(H2,27,28)/t25-/m0/s1. The third-order valence-corrected chi connectivity index (χ3v) is 6.17. The van der Waals surface area contributed by atoms with E-state index in [0.717, 1.165) is 18.8 Å². The predicted molar refractivity (Wildman–Crippen MR) is 126 cm³/mol. The van der Waals surface area contributed by atoms with Gasteiger partial charge in [-0.1, -0.05) is 142 Å². The summed E-state index contributed by atoms with van der Waals surface area (Å²) < 4.78 is 0. The van der Waals surface area contributed by atoms with Gasteiger partial charge in [-0.15, -0.1) is 0 Å². The van der Waals surface area contributed by atoms with Gasteiger partial charge in [-0.25, -0.2) is 0 Å². The molecular weight excluding hydrogens is 342 g/mol. The van der Waals surface area contributed by atoms with Crippen LogP contribution in [-0.4, -0.2) is 5.91 Å². The van der Waals surface area contributed by atoms with E-state index in [1.807, 2.05) is 0 Å². The highest BCUT2D eigenvalue weighted by atomic mass is 16.1. The zero-order valence-electron chi connectivity index (χ0n) is 19.6. The zero-order valence-corrected chi connectivity index (χ0v) is 19.6. The van der Waals surface area contributed by atoms with Crippen LogP contribution in [0.4, 0.5) is 0 Å². The lowest BCUT2D eigenvalue weighted by molar-refractivity contribution is -0.118. The first-order chi connectivity index (χ1) is 13.7. The summed E-state index contributed by atoms with van der Waals surface area (Å²) >= 11 is 0. The second-order valence-electron chi connectivity index (χ2n) is 9.26. The van der Waals surface area contributed by atoms with Crippen molar-refractivity contribution in [3.05, 3.63) is 0 Å². The van der Waals surface area contributed by atoms with Gasteiger partial charge in [0.1, 0.15) is 0 Å². The molecule has 2 heteroatoms. The first-order valence-electron chi connectivity index (χ1n) is 12.9. The van der Waals surface area contributed by atoms with Crippen LogP contribution in [0.2, 0.25) is 0 Å². The Labute approximate surface area is 177 Å². The van der Waals surface area contributed by atoms with Crippen molar-refractivity contribution in [3.8, 4) is 0 Å². The zero-order chi connectivity index (χ0) is 20.7. The molecule has 0 fully saturated rings. The minimum atomic E-state index is -0.152. The SMILES string of the molecule is CCCCCCCCCCCCCCCCCCC[C@H](C)CCCCC(N)=O. The van der Waals surface area contributed by atoms with E-state index in [4.69, 9.17) is 5.73 Å². The lowest BCUT2D eigenvalue weighted by atomic mass is 9.96. The van der Waals surface area contributed by atoms with Crippen molar-refractivity contribution in [3.63, 3.8) is 0 Å². The lowest BCUT2D eigenvalue weighted by Crippen LogP contribution is -2.09. The third kappa shape index (κ3) is 23.5. The molecule has 0 aromatic carbocycles. The number of rotatable bonds is 23. The minimum absolute atomic E-state index is 0.152. The predicted octanol–water partition coefficient (Wildman–Crippen LogP) is 8.71. The highest BCUT2D eigenvalue weighted by Crippen LogP contribution is 2.18. The van der Waals surface area contributed by atoms with Gasteiger partial charge in [-0.3, -0.25) is 4.79 Å². The van der Waals surface area contributed by atoms with Crippen LogP contribution in [0.25, 0.3) is 0 Å². The molecule has 0 bridgehead atoms. The van der Waals surface area contributed by atoms with Crippen LogP contribution >= 0.6 is 0 Å². The van der Waals surface area contributed by atoms with E-state index >= 15 is 0 Å². The van der Waals surface area contributed by atoms with Gasteiger partial charge in [-0.2, -0.15) is 0 Å². The maximum Gasteiger partial charge on any atom is 0.217 e. The molecule has 0 rings (SSSR count). The molecule has 0 heterocycles. The molecular formula is C26H53NO. The van der Waals surface area contributed by atoms with Crippen LogP contribution in [0.5, 0.6) is 0 Å². The van der Waals surface area contributed by atoms with Gasteiger partial charge in [0.15, 0.2) is 0 Å². The Morgan fingerprint density at radius 3 is 1.25 bits per heavy atom. The average Bonchev–Trinajstić information content (AvgIpc) is 2.67. The Hall–Kier alpha value is -0.530. The molecule has 1 atom stereocenters. The lowest BCUT2D eigenvalue weighted by Gasteiger charge is -2.10. The average molecular weight is 396 g/mol. The summed E-state index contributed by atoms with van der Waals surface area (Å²) in [5, 5.41) is 0. The molecule has 0 saturated carbocycles. The van der Waals surface area contributed by atoms with Crippen molar-refractivity contribution in [2.24, 2.45) is 11.7 Å².